The van der Waals surface area contributed by atoms with Crippen LogP contribution in [0.2, 0.25) is 0 Å². The molecular weight excluding hydrogens is 234 g/mol. The molecular formula is C12H11N3O3. The fraction of sp³-hybridized carbons (Fsp3) is 0.167. The summed E-state index contributed by atoms with van der Waals surface area (Å²) in [5, 5.41) is 6.56. The van der Waals surface area contributed by atoms with Gasteiger partial charge in [-0.05, 0) is 18.2 Å². The molecule has 0 spiro atoms. The van der Waals surface area contributed by atoms with E-state index in [1.807, 2.05) is 6.07 Å². The summed E-state index contributed by atoms with van der Waals surface area (Å²) in [6, 6.07) is 7.19. The van der Waals surface area contributed by atoms with Crippen LogP contribution in [0, 0.1) is 0 Å². The summed E-state index contributed by atoms with van der Waals surface area (Å²) < 4.78 is 10.5. The van der Waals surface area contributed by atoms with E-state index in [0.717, 1.165) is 5.56 Å². The van der Waals surface area contributed by atoms with Crippen molar-refractivity contribution in [3.05, 3.63) is 30.0 Å². The van der Waals surface area contributed by atoms with Crippen LogP contribution in [0.5, 0.6) is 5.75 Å². The molecule has 6 heteroatoms. The van der Waals surface area contributed by atoms with E-state index in [2.05, 4.69) is 10.5 Å². The highest BCUT2D eigenvalue weighted by Crippen LogP contribution is 2.32. The maximum absolute atomic E-state index is 11.2. The number of hydrogen-bond acceptors (Lipinski definition) is 5. The Balaban J connectivity index is 1.98. The molecule has 0 fully saturated rings. The minimum absolute atomic E-state index is 0.0476. The lowest BCUT2D eigenvalue weighted by Crippen LogP contribution is -2.25. The molecule has 1 aliphatic rings. The van der Waals surface area contributed by atoms with Gasteiger partial charge in [-0.3, -0.25) is 4.79 Å². The smallest absolute Gasteiger partial charge is 0.262 e. The Kier molecular flexibility index (Phi) is 2.49. The van der Waals surface area contributed by atoms with E-state index in [1.165, 1.54) is 0 Å². The summed E-state index contributed by atoms with van der Waals surface area (Å²) >= 11 is 0. The Bertz CT molecular complexity index is 606. The zero-order valence-electron chi connectivity index (χ0n) is 9.47. The van der Waals surface area contributed by atoms with Gasteiger partial charge in [-0.1, -0.05) is 5.16 Å². The molecule has 1 aliphatic heterocycles. The first-order valence-electron chi connectivity index (χ1n) is 5.49. The average molecular weight is 245 g/mol. The monoisotopic (exact) mass is 245 g/mol. The highest BCUT2D eigenvalue weighted by atomic mass is 16.5. The van der Waals surface area contributed by atoms with Crippen LogP contribution in [0.1, 0.15) is 5.69 Å². The van der Waals surface area contributed by atoms with Gasteiger partial charge in [0.2, 0.25) is 0 Å². The van der Waals surface area contributed by atoms with Crippen molar-refractivity contribution < 1.29 is 14.1 Å². The highest BCUT2D eigenvalue weighted by molar-refractivity contribution is 5.96. The van der Waals surface area contributed by atoms with E-state index in [0.29, 0.717) is 29.4 Å². The number of nitrogens with zero attached hydrogens (tertiary/aromatic N) is 1. The lowest BCUT2D eigenvalue weighted by Gasteiger charge is -2.17. The van der Waals surface area contributed by atoms with Crippen LogP contribution in [0.15, 0.2) is 28.8 Å². The lowest BCUT2D eigenvalue weighted by atomic mass is 10.1. The van der Waals surface area contributed by atoms with Crippen LogP contribution < -0.4 is 15.8 Å². The minimum atomic E-state index is -0.167. The number of benzene rings is 1. The van der Waals surface area contributed by atoms with Gasteiger partial charge in [0.05, 0.1) is 11.4 Å². The Morgan fingerprint density at radius 2 is 2.28 bits per heavy atom. The number of carbonyl (C=O) groups is 1. The third-order valence-electron chi connectivity index (χ3n) is 2.67. The van der Waals surface area contributed by atoms with E-state index in [4.69, 9.17) is 15.0 Å². The van der Waals surface area contributed by atoms with Crippen molar-refractivity contribution in [2.24, 2.45) is 5.73 Å². The number of nitrogens with one attached hydrogen (secondary N) is 1. The summed E-state index contributed by atoms with van der Waals surface area (Å²) in [6.45, 7) is 0.375. The highest BCUT2D eigenvalue weighted by Gasteiger charge is 2.17. The van der Waals surface area contributed by atoms with Crippen LogP contribution in [-0.2, 0) is 11.3 Å². The van der Waals surface area contributed by atoms with E-state index in [-0.39, 0.29) is 12.5 Å². The topological polar surface area (TPSA) is 90.4 Å². The number of carbonyl (C=O) groups excluding carboxylic acids is 1. The first-order valence-corrected chi connectivity index (χ1v) is 5.49. The molecule has 1 aromatic heterocycles. The minimum Gasteiger partial charge on any atom is -0.482 e. The molecule has 0 saturated carbocycles. The maximum atomic E-state index is 11.2. The fourth-order valence-electron chi connectivity index (χ4n) is 1.78. The molecule has 0 saturated heterocycles. The van der Waals surface area contributed by atoms with E-state index >= 15 is 0 Å². The Morgan fingerprint density at radius 3 is 3.06 bits per heavy atom. The lowest BCUT2D eigenvalue weighted by molar-refractivity contribution is -0.118. The number of amides is 1. The summed E-state index contributed by atoms with van der Waals surface area (Å²) in [6.07, 6.45) is 0. The molecule has 6 nitrogen and oxygen atoms in total. The summed E-state index contributed by atoms with van der Waals surface area (Å²) in [4.78, 5) is 11.2. The molecule has 3 rings (SSSR count). The van der Waals surface area contributed by atoms with Crippen molar-refractivity contribution in [3.8, 4) is 17.1 Å². The first kappa shape index (κ1) is 10.8. The Hall–Kier alpha value is -2.34. The van der Waals surface area contributed by atoms with Crippen molar-refractivity contribution in [2.75, 3.05) is 11.9 Å². The Labute approximate surface area is 103 Å². The maximum Gasteiger partial charge on any atom is 0.262 e. The van der Waals surface area contributed by atoms with Gasteiger partial charge in [0.1, 0.15) is 5.75 Å². The van der Waals surface area contributed by atoms with Crippen LogP contribution in [0.4, 0.5) is 5.69 Å². The van der Waals surface area contributed by atoms with Crippen molar-refractivity contribution >= 4 is 11.6 Å². The normalized spacial score (nSPS) is 13.7. The van der Waals surface area contributed by atoms with Gasteiger partial charge in [-0.15, -0.1) is 0 Å². The van der Waals surface area contributed by atoms with Gasteiger partial charge >= 0.3 is 0 Å². The van der Waals surface area contributed by atoms with Gasteiger partial charge in [-0.2, -0.15) is 0 Å². The molecule has 0 unspecified atom stereocenters. The molecule has 0 radical (unpaired) electrons. The van der Waals surface area contributed by atoms with Gasteiger partial charge in [0.15, 0.2) is 12.4 Å². The number of rotatable bonds is 2. The molecule has 0 atom stereocenters. The predicted octanol–water partition coefficient (Wildman–Crippen LogP) is 1.13. The van der Waals surface area contributed by atoms with Gasteiger partial charge in [-0.25, -0.2) is 0 Å². The number of aromatic nitrogens is 1. The molecule has 0 aliphatic carbocycles. The van der Waals surface area contributed by atoms with Crippen molar-refractivity contribution in [2.45, 2.75) is 6.54 Å². The standard InChI is InChI=1S/C12H11N3O3/c13-5-8-4-11(18-15-8)7-1-2-10-9(3-7)14-12(16)6-17-10/h1-4H,5-6,13H2,(H,14,16). The van der Waals surface area contributed by atoms with E-state index < -0.39 is 0 Å². The molecule has 3 N–H and O–H groups in total. The quantitative estimate of drug-likeness (QED) is 0.827. The van der Waals surface area contributed by atoms with Crippen LogP contribution in [0.3, 0.4) is 0 Å². The van der Waals surface area contributed by atoms with Crippen LogP contribution in [-0.4, -0.2) is 17.7 Å². The molecule has 18 heavy (non-hydrogen) atoms. The van der Waals surface area contributed by atoms with Crippen molar-refractivity contribution in [1.29, 1.82) is 0 Å². The molecule has 1 aromatic carbocycles. The van der Waals surface area contributed by atoms with Gasteiger partial charge < -0.3 is 20.3 Å². The largest absolute Gasteiger partial charge is 0.482 e. The average Bonchev–Trinajstić information content (AvgIpc) is 2.86. The second-order valence-corrected chi connectivity index (χ2v) is 3.93. The molecule has 2 aromatic rings. The van der Waals surface area contributed by atoms with Crippen molar-refractivity contribution in [1.82, 2.24) is 5.16 Å². The Morgan fingerprint density at radius 1 is 1.39 bits per heavy atom. The number of anilines is 1. The first-order chi connectivity index (χ1) is 8.76. The number of fused-ring (bicyclic) bond motifs is 1. The van der Waals surface area contributed by atoms with Gasteiger partial charge in [0, 0.05) is 18.2 Å². The molecule has 1 amide bonds. The number of nitrogens with two attached hydrogens (primary N) is 1. The third kappa shape index (κ3) is 1.82. The molecule has 0 bridgehead atoms. The molecule has 92 valence electrons. The zero-order chi connectivity index (χ0) is 12.5. The van der Waals surface area contributed by atoms with Gasteiger partial charge in [0.25, 0.3) is 5.91 Å². The summed E-state index contributed by atoms with van der Waals surface area (Å²) in [5.41, 5.74) is 7.60. The number of hydrogen-bond donors (Lipinski definition) is 2. The van der Waals surface area contributed by atoms with E-state index in [1.54, 1.807) is 18.2 Å². The number of ether oxygens (including phenoxy) is 1. The second kappa shape index (κ2) is 4.15. The van der Waals surface area contributed by atoms with Crippen LogP contribution >= 0.6 is 0 Å². The molecule has 2 heterocycles. The van der Waals surface area contributed by atoms with E-state index in [9.17, 15) is 4.79 Å². The summed E-state index contributed by atoms with van der Waals surface area (Å²) in [5.74, 6) is 1.09. The van der Waals surface area contributed by atoms with Crippen LogP contribution in [0.25, 0.3) is 11.3 Å². The fourth-order valence-corrected chi connectivity index (χ4v) is 1.78. The zero-order valence-corrected chi connectivity index (χ0v) is 9.47. The predicted molar refractivity (Wildman–Crippen MR) is 64.0 cm³/mol. The SMILES string of the molecule is NCc1cc(-c2ccc3c(c2)NC(=O)CO3)on1. The summed E-state index contributed by atoms with van der Waals surface area (Å²) in [7, 11) is 0. The third-order valence-corrected chi connectivity index (χ3v) is 2.67. The van der Waals surface area contributed by atoms with Crippen molar-refractivity contribution in [3.63, 3.8) is 0 Å². The second-order valence-electron chi connectivity index (χ2n) is 3.93.